The largest absolute Gasteiger partial charge is 0.573 e. The summed E-state index contributed by atoms with van der Waals surface area (Å²) in [6.07, 6.45) is -1.02. The zero-order valence-corrected chi connectivity index (χ0v) is 11.7. The van der Waals surface area contributed by atoms with Gasteiger partial charge in [-0.2, -0.15) is 0 Å². The number of alkyl halides is 3. The second-order valence-corrected chi connectivity index (χ2v) is 5.83. The van der Waals surface area contributed by atoms with Crippen LogP contribution >= 0.6 is 0 Å². The molecule has 1 saturated carbocycles. The molecule has 1 atom stereocenters. The van der Waals surface area contributed by atoms with E-state index in [9.17, 15) is 13.2 Å². The fraction of sp³-hybridized carbons (Fsp3) is 0.600. The van der Waals surface area contributed by atoms with Crippen LogP contribution < -0.4 is 15.0 Å². The minimum atomic E-state index is -4.64. The molecule has 3 rings (SSSR count). The third-order valence-corrected chi connectivity index (χ3v) is 3.97. The van der Waals surface area contributed by atoms with Gasteiger partial charge in [0.1, 0.15) is 5.75 Å². The third kappa shape index (κ3) is 4.27. The SMILES string of the molecule is FC(F)(F)Oc1cccc(N2CCC(CNC3CC3)C2)c1. The molecule has 2 fully saturated rings. The summed E-state index contributed by atoms with van der Waals surface area (Å²) in [5.41, 5.74) is 0.797. The molecule has 0 radical (unpaired) electrons. The standard InChI is InChI=1S/C15H19F3N2O/c16-15(17,18)21-14-3-1-2-13(8-14)20-7-6-11(10-20)9-19-12-4-5-12/h1-3,8,11-12,19H,4-7,9-10H2. The van der Waals surface area contributed by atoms with Crippen LogP contribution in [0.15, 0.2) is 24.3 Å². The first-order valence-corrected chi connectivity index (χ1v) is 7.34. The first-order valence-electron chi connectivity index (χ1n) is 7.34. The molecule has 1 aliphatic carbocycles. The van der Waals surface area contributed by atoms with E-state index < -0.39 is 6.36 Å². The van der Waals surface area contributed by atoms with Crippen LogP contribution in [0, 0.1) is 5.92 Å². The normalized spacial score (nSPS) is 22.6. The van der Waals surface area contributed by atoms with Gasteiger partial charge in [-0.1, -0.05) is 6.07 Å². The molecule has 0 amide bonds. The van der Waals surface area contributed by atoms with Crippen molar-refractivity contribution < 1.29 is 17.9 Å². The lowest BCUT2D eigenvalue weighted by Gasteiger charge is -2.20. The van der Waals surface area contributed by atoms with Gasteiger partial charge in [-0.25, -0.2) is 0 Å². The predicted molar refractivity (Wildman–Crippen MR) is 74.5 cm³/mol. The Morgan fingerprint density at radius 2 is 2.05 bits per heavy atom. The molecule has 1 aliphatic heterocycles. The third-order valence-electron chi connectivity index (χ3n) is 3.97. The van der Waals surface area contributed by atoms with E-state index >= 15 is 0 Å². The van der Waals surface area contributed by atoms with Crippen molar-refractivity contribution in [3.05, 3.63) is 24.3 Å². The Morgan fingerprint density at radius 1 is 1.24 bits per heavy atom. The molecule has 1 heterocycles. The van der Waals surface area contributed by atoms with E-state index in [0.717, 1.165) is 31.7 Å². The Morgan fingerprint density at radius 3 is 2.76 bits per heavy atom. The van der Waals surface area contributed by atoms with Crippen molar-refractivity contribution >= 4 is 5.69 Å². The van der Waals surface area contributed by atoms with Gasteiger partial charge in [-0.15, -0.1) is 13.2 Å². The lowest BCUT2D eigenvalue weighted by atomic mass is 10.1. The molecule has 116 valence electrons. The first kappa shape index (κ1) is 14.5. The van der Waals surface area contributed by atoms with Gasteiger partial charge in [-0.05, 0) is 43.9 Å². The molecule has 1 aromatic carbocycles. The van der Waals surface area contributed by atoms with Crippen molar-refractivity contribution in [2.24, 2.45) is 5.92 Å². The van der Waals surface area contributed by atoms with Gasteiger partial charge >= 0.3 is 6.36 Å². The molecule has 0 bridgehead atoms. The molecular weight excluding hydrogens is 281 g/mol. The highest BCUT2D eigenvalue weighted by atomic mass is 19.4. The minimum absolute atomic E-state index is 0.153. The number of rotatable bonds is 5. The van der Waals surface area contributed by atoms with Crippen LogP contribution in [0.4, 0.5) is 18.9 Å². The van der Waals surface area contributed by atoms with Crippen molar-refractivity contribution in [1.82, 2.24) is 5.32 Å². The molecule has 3 nitrogen and oxygen atoms in total. The second kappa shape index (κ2) is 5.75. The van der Waals surface area contributed by atoms with Crippen molar-refractivity contribution in [2.75, 3.05) is 24.5 Å². The minimum Gasteiger partial charge on any atom is -0.406 e. The molecule has 1 N–H and O–H groups in total. The average molecular weight is 300 g/mol. The highest BCUT2D eigenvalue weighted by molar-refractivity contribution is 5.51. The van der Waals surface area contributed by atoms with E-state index in [-0.39, 0.29) is 5.75 Å². The Kier molecular flexibility index (Phi) is 3.97. The van der Waals surface area contributed by atoms with Gasteiger partial charge in [0.2, 0.25) is 0 Å². The van der Waals surface area contributed by atoms with Crippen LogP contribution in [-0.2, 0) is 0 Å². The molecule has 0 spiro atoms. The summed E-state index contributed by atoms with van der Waals surface area (Å²) in [7, 11) is 0. The van der Waals surface area contributed by atoms with Crippen molar-refractivity contribution in [1.29, 1.82) is 0 Å². The maximum Gasteiger partial charge on any atom is 0.573 e. The van der Waals surface area contributed by atoms with Crippen LogP contribution in [0.2, 0.25) is 0 Å². The van der Waals surface area contributed by atoms with E-state index in [2.05, 4.69) is 15.0 Å². The summed E-state index contributed by atoms with van der Waals surface area (Å²) in [5, 5.41) is 3.51. The zero-order valence-electron chi connectivity index (χ0n) is 11.7. The predicted octanol–water partition coefficient (Wildman–Crippen LogP) is 3.16. The Labute approximate surface area is 122 Å². The van der Waals surface area contributed by atoms with E-state index in [4.69, 9.17) is 0 Å². The number of benzene rings is 1. The van der Waals surface area contributed by atoms with Crippen LogP contribution in [0.1, 0.15) is 19.3 Å². The van der Waals surface area contributed by atoms with E-state index in [1.54, 1.807) is 6.07 Å². The number of hydrogen-bond acceptors (Lipinski definition) is 3. The fourth-order valence-electron chi connectivity index (χ4n) is 2.73. The summed E-state index contributed by atoms with van der Waals surface area (Å²) in [4.78, 5) is 2.13. The fourth-order valence-corrected chi connectivity index (χ4v) is 2.73. The van der Waals surface area contributed by atoms with Gasteiger partial charge in [-0.3, -0.25) is 0 Å². The summed E-state index contributed by atoms with van der Waals surface area (Å²) >= 11 is 0. The monoisotopic (exact) mass is 300 g/mol. The number of halogens is 3. The molecule has 1 aromatic rings. The number of nitrogens with one attached hydrogen (secondary N) is 1. The van der Waals surface area contributed by atoms with Crippen molar-refractivity contribution in [3.63, 3.8) is 0 Å². The zero-order chi connectivity index (χ0) is 14.9. The molecular formula is C15H19F3N2O. The Bertz CT molecular complexity index is 488. The quantitative estimate of drug-likeness (QED) is 0.904. The second-order valence-electron chi connectivity index (χ2n) is 5.83. The maximum atomic E-state index is 12.3. The van der Waals surface area contributed by atoms with Crippen LogP contribution in [0.5, 0.6) is 5.75 Å². The summed E-state index contributed by atoms with van der Waals surface area (Å²) in [6.45, 7) is 2.77. The summed E-state index contributed by atoms with van der Waals surface area (Å²) in [5.74, 6) is 0.414. The summed E-state index contributed by atoms with van der Waals surface area (Å²) in [6, 6.07) is 6.93. The van der Waals surface area contributed by atoms with Gasteiger partial charge in [0.15, 0.2) is 0 Å². The highest BCUT2D eigenvalue weighted by Gasteiger charge is 2.31. The Hall–Kier alpha value is -1.43. The molecule has 1 unspecified atom stereocenters. The average Bonchev–Trinajstić information content (AvgIpc) is 3.12. The van der Waals surface area contributed by atoms with Crippen LogP contribution in [0.25, 0.3) is 0 Å². The molecule has 0 aromatic heterocycles. The van der Waals surface area contributed by atoms with E-state index in [0.29, 0.717) is 12.0 Å². The first-order chi connectivity index (χ1) is 9.99. The van der Waals surface area contributed by atoms with Gasteiger partial charge < -0.3 is 15.0 Å². The van der Waals surface area contributed by atoms with Gasteiger partial charge in [0.25, 0.3) is 0 Å². The molecule has 2 aliphatic rings. The lowest BCUT2D eigenvalue weighted by Crippen LogP contribution is -2.27. The topological polar surface area (TPSA) is 24.5 Å². The number of anilines is 1. The van der Waals surface area contributed by atoms with Gasteiger partial charge in [0.05, 0.1) is 0 Å². The van der Waals surface area contributed by atoms with Crippen LogP contribution in [0.3, 0.4) is 0 Å². The number of ether oxygens (including phenoxy) is 1. The Balaban J connectivity index is 1.57. The summed E-state index contributed by atoms with van der Waals surface area (Å²) < 4.78 is 40.7. The van der Waals surface area contributed by atoms with Crippen LogP contribution in [-0.4, -0.2) is 32.0 Å². The number of nitrogens with zero attached hydrogens (tertiary/aromatic N) is 1. The van der Waals surface area contributed by atoms with Crippen molar-refractivity contribution in [2.45, 2.75) is 31.7 Å². The smallest absolute Gasteiger partial charge is 0.406 e. The number of hydrogen-bond donors (Lipinski definition) is 1. The lowest BCUT2D eigenvalue weighted by molar-refractivity contribution is -0.274. The molecule has 1 saturated heterocycles. The van der Waals surface area contributed by atoms with Crippen molar-refractivity contribution in [3.8, 4) is 5.75 Å². The molecule has 21 heavy (non-hydrogen) atoms. The van der Waals surface area contributed by atoms with E-state index in [1.807, 2.05) is 6.07 Å². The van der Waals surface area contributed by atoms with Gasteiger partial charge in [0, 0.05) is 30.9 Å². The highest BCUT2D eigenvalue weighted by Crippen LogP contribution is 2.30. The van der Waals surface area contributed by atoms with E-state index in [1.165, 1.54) is 25.0 Å². The molecule has 6 heteroatoms. The maximum absolute atomic E-state index is 12.3.